The number of ether oxygens (including phenoxy) is 2. The highest BCUT2D eigenvalue weighted by atomic mass is 32.2. The lowest BCUT2D eigenvalue weighted by Gasteiger charge is -2.10. The molecule has 1 aromatic heterocycles. The fourth-order valence-electron chi connectivity index (χ4n) is 3.10. The lowest BCUT2D eigenvalue weighted by atomic mass is 10.1. The highest BCUT2D eigenvalue weighted by Gasteiger charge is 2.21. The van der Waals surface area contributed by atoms with Crippen LogP contribution in [-0.2, 0) is 35.7 Å². The van der Waals surface area contributed by atoms with Crippen molar-refractivity contribution < 1.29 is 23.6 Å². The van der Waals surface area contributed by atoms with Crippen LogP contribution in [0.25, 0.3) is 11.0 Å². The average molecular weight is 416 g/mol. The molecular weight excluding hydrogens is 392 g/mol. The van der Waals surface area contributed by atoms with E-state index >= 15 is 0 Å². The molecule has 7 nitrogen and oxygen atoms in total. The minimum absolute atomic E-state index is 0.322. The summed E-state index contributed by atoms with van der Waals surface area (Å²) in [5.74, 6) is 1.26. The number of carbonyl (C=O) groups is 1. The second kappa shape index (κ2) is 9.09. The van der Waals surface area contributed by atoms with E-state index < -0.39 is 22.0 Å². The zero-order chi connectivity index (χ0) is 21.0. The predicted octanol–water partition coefficient (Wildman–Crippen LogP) is 2.93. The van der Waals surface area contributed by atoms with Gasteiger partial charge in [0, 0.05) is 30.2 Å². The summed E-state index contributed by atoms with van der Waals surface area (Å²) in [5, 5.41) is 8.27. The normalized spacial score (nSPS) is 13.2. The van der Waals surface area contributed by atoms with Crippen LogP contribution >= 0.6 is 0 Å². The minimum Gasteiger partial charge on any atom is -0.497 e. The predicted molar refractivity (Wildman–Crippen MR) is 112 cm³/mol. The van der Waals surface area contributed by atoms with Gasteiger partial charge in [-0.3, -0.25) is 9.00 Å². The summed E-state index contributed by atoms with van der Waals surface area (Å²) in [5.41, 5.74) is 2.83. The summed E-state index contributed by atoms with van der Waals surface area (Å²) in [6.07, 6.45) is 2.30. The van der Waals surface area contributed by atoms with E-state index in [1.165, 1.54) is 6.26 Å². The molecule has 0 fully saturated rings. The lowest BCUT2D eigenvalue weighted by molar-refractivity contribution is -0.136. The Bertz CT molecular complexity index is 1020. The van der Waals surface area contributed by atoms with Gasteiger partial charge >= 0.3 is 5.97 Å². The van der Waals surface area contributed by atoms with Gasteiger partial charge in [-0.25, -0.2) is 4.98 Å². The van der Waals surface area contributed by atoms with Gasteiger partial charge in [0.15, 0.2) is 0 Å². The number of aromatic nitrogens is 2. The molecule has 0 saturated carbocycles. The molecule has 0 aliphatic rings. The van der Waals surface area contributed by atoms with Crippen molar-refractivity contribution in [2.75, 3.05) is 13.4 Å². The molecule has 0 saturated heterocycles. The molecule has 1 heterocycles. The van der Waals surface area contributed by atoms with Crippen molar-refractivity contribution in [3.8, 4) is 11.5 Å². The number of hydrogen-bond donors (Lipinski definition) is 1. The highest BCUT2D eigenvalue weighted by molar-refractivity contribution is 7.85. The molecule has 1 N–H and O–H groups in total. The van der Waals surface area contributed by atoms with Gasteiger partial charge in [-0.1, -0.05) is 12.1 Å². The maximum absolute atomic E-state index is 11.5. The van der Waals surface area contributed by atoms with E-state index in [0.717, 1.165) is 28.2 Å². The Morgan fingerprint density at radius 2 is 1.90 bits per heavy atom. The van der Waals surface area contributed by atoms with Crippen LogP contribution < -0.4 is 9.47 Å². The second-order valence-electron chi connectivity index (χ2n) is 6.74. The van der Waals surface area contributed by atoms with Crippen molar-refractivity contribution in [2.24, 2.45) is 7.05 Å². The number of methoxy groups -OCH3 is 1. The third-order valence-corrected chi connectivity index (χ3v) is 6.08. The number of aryl methyl sites for hydroxylation is 2. The monoisotopic (exact) mass is 416 g/mol. The number of rotatable bonds is 9. The number of nitrogens with zero attached hydrogens (tertiary/aromatic N) is 2. The number of carboxylic acids is 1. The van der Waals surface area contributed by atoms with Crippen LogP contribution in [0, 0.1) is 0 Å². The SMILES string of the molecule is COc1ccc2nc(COc3ccc(CCC(C(=O)O)S(C)=O)cc3)n(C)c2c1. The average Bonchev–Trinajstić information content (AvgIpc) is 3.02. The molecule has 0 amide bonds. The van der Waals surface area contributed by atoms with Crippen molar-refractivity contribution in [3.63, 3.8) is 0 Å². The molecule has 3 aromatic rings. The number of hydrogen-bond acceptors (Lipinski definition) is 5. The number of benzene rings is 2. The van der Waals surface area contributed by atoms with E-state index in [1.54, 1.807) is 7.11 Å². The van der Waals surface area contributed by atoms with E-state index in [4.69, 9.17) is 14.6 Å². The van der Waals surface area contributed by atoms with Crippen molar-refractivity contribution in [3.05, 3.63) is 53.9 Å². The number of fused-ring (bicyclic) bond motifs is 1. The molecule has 8 heteroatoms. The fourth-order valence-corrected chi connectivity index (χ4v) is 3.84. The Balaban J connectivity index is 1.62. The maximum atomic E-state index is 11.5. The first kappa shape index (κ1) is 20.9. The molecule has 2 atom stereocenters. The van der Waals surface area contributed by atoms with Crippen molar-refractivity contribution in [1.82, 2.24) is 9.55 Å². The van der Waals surface area contributed by atoms with Crippen molar-refractivity contribution >= 4 is 27.8 Å². The fraction of sp³-hybridized carbons (Fsp3) is 0.333. The third-order valence-electron chi connectivity index (χ3n) is 4.84. The van der Waals surface area contributed by atoms with Crippen molar-refractivity contribution in [2.45, 2.75) is 24.7 Å². The van der Waals surface area contributed by atoms with Gasteiger partial charge in [-0.15, -0.1) is 0 Å². The van der Waals surface area contributed by atoms with Gasteiger partial charge in [0.05, 0.1) is 18.1 Å². The van der Waals surface area contributed by atoms with Gasteiger partial charge < -0.3 is 19.1 Å². The standard InChI is InChI=1S/C21H24N2O5S/c1-23-18-12-16(27-2)9-10-17(18)22-20(23)13-28-15-7-4-14(5-8-15)6-11-19(21(24)25)29(3)26/h4-5,7-10,12,19H,6,11,13H2,1-3H3,(H,24,25). The van der Waals surface area contributed by atoms with Crippen LogP contribution in [0.1, 0.15) is 17.8 Å². The Hall–Kier alpha value is -2.87. The van der Waals surface area contributed by atoms with Crippen LogP contribution in [-0.4, -0.2) is 43.5 Å². The summed E-state index contributed by atoms with van der Waals surface area (Å²) < 4.78 is 24.6. The number of aliphatic carboxylic acids is 1. The van der Waals surface area contributed by atoms with E-state index in [9.17, 15) is 9.00 Å². The summed E-state index contributed by atoms with van der Waals surface area (Å²) in [4.78, 5) is 15.7. The first-order chi connectivity index (χ1) is 13.9. The van der Waals surface area contributed by atoms with E-state index in [-0.39, 0.29) is 0 Å². The third kappa shape index (κ3) is 4.95. The Labute approximate surface area is 171 Å². The lowest BCUT2D eigenvalue weighted by Crippen LogP contribution is -2.25. The molecule has 2 aromatic carbocycles. The van der Waals surface area contributed by atoms with Gasteiger partial charge in [0.1, 0.15) is 29.2 Å². The first-order valence-corrected chi connectivity index (χ1v) is 10.8. The number of imidazole rings is 1. The smallest absolute Gasteiger partial charge is 0.319 e. The maximum Gasteiger partial charge on any atom is 0.319 e. The summed E-state index contributed by atoms with van der Waals surface area (Å²) in [7, 11) is 2.18. The Morgan fingerprint density at radius 1 is 1.21 bits per heavy atom. The van der Waals surface area contributed by atoms with Gasteiger partial charge in [-0.2, -0.15) is 0 Å². The molecule has 0 aliphatic heterocycles. The highest BCUT2D eigenvalue weighted by Crippen LogP contribution is 2.22. The van der Waals surface area contributed by atoms with Crippen LogP contribution in [0.4, 0.5) is 0 Å². The van der Waals surface area contributed by atoms with Gasteiger partial charge in [0.2, 0.25) is 0 Å². The summed E-state index contributed by atoms with van der Waals surface area (Å²) >= 11 is 0. The molecule has 0 aliphatic carbocycles. The van der Waals surface area contributed by atoms with Gasteiger partial charge in [0.25, 0.3) is 0 Å². The molecule has 0 bridgehead atoms. The van der Waals surface area contributed by atoms with Crippen LogP contribution in [0.3, 0.4) is 0 Å². The minimum atomic E-state index is -1.39. The first-order valence-electron chi connectivity index (χ1n) is 9.15. The van der Waals surface area contributed by atoms with E-state index in [0.29, 0.717) is 25.2 Å². The molecular formula is C21H24N2O5S. The van der Waals surface area contributed by atoms with Crippen LogP contribution in [0.2, 0.25) is 0 Å². The quantitative estimate of drug-likeness (QED) is 0.577. The van der Waals surface area contributed by atoms with Crippen molar-refractivity contribution in [1.29, 1.82) is 0 Å². The largest absolute Gasteiger partial charge is 0.497 e. The van der Waals surface area contributed by atoms with Crippen LogP contribution in [0.15, 0.2) is 42.5 Å². The Kier molecular flexibility index (Phi) is 6.53. The van der Waals surface area contributed by atoms with E-state index in [2.05, 4.69) is 4.98 Å². The Morgan fingerprint density at radius 3 is 2.52 bits per heavy atom. The molecule has 3 rings (SSSR count). The summed E-state index contributed by atoms with van der Waals surface area (Å²) in [6.45, 7) is 0.322. The van der Waals surface area contributed by atoms with Crippen LogP contribution in [0.5, 0.6) is 11.5 Å². The molecule has 154 valence electrons. The topological polar surface area (TPSA) is 90.7 Å². The molecule has 0 radical (unpaired) electrons. The number of carboxylic acid groups (broad SMARTS) is 1. The zero-order valence-corrected chi connectivity index (χ0v) is 17.4. The molecule has 2 unspecified atom stereocenters. The van der Waals surface area contributed by atoms with E-state index in [1.807, 2.05) is 54.1 Å². The zero-order valence-electron chi connectivity index (χ0n) is 16.6. The van der Waals surface area contributed by atoms with Gasteiger partial charge in [-0.05, 0) is 42.7 Å². The second-order valence-corrected chi connectivity index (χ2v) is 8.30. The molecule has 0 spiro atoms. The molecule has 29 heavy (non-hydrogen) atoms. The summed E-state index contributed by atoms with van der Waals surface area (Å²) in [6, 6.07) is 13.2.